The molecular formula is C18H22F9NaO7S. The second-order valence-corrected chi connectivity index (χ2v) is 8.86. The summed E-state index contributed by atoms with van der Waals surface area (Å²) in [5.41, 5.74) is -1.33. The smallest absolute Gasteiger partial charge is 0.691 e. The molecule has 0 radical (unpaired) electrons. The van der Waals surface area contributed by atoms with Crippen molar-refractivity contribution in [3.8, 4) is 0 Å². The quantitative estimate of drug-likeness (QED) is 0.0815. The van der Waals surface area contributed by atoms with Crippen LogP contribution in [0, 0.1) is 5.41 Å². The molecule has 1 aliphatic rings. The summed E-state index contributed by atoms with van der Waals surface area (Å²) >= 11 is -0.00476. The first-order chi connectivity index (χ1) is 15.9. The molecule has 7 nitrogen and oxygen atoms in total. The van der Waals surface area contributed by atoms with Crippen LogP contribution in [-0.2, 0) is 28.4 Å². The van der Waals surface area contributed by atoms with Gasteiger partial charge in [0.05, 0.1) is 38.1 Å². The Balaban J connectivity index is 0.0000122. The van der Waals surface area contributed by atoms with Gasteiger partial charge < -0.3 is 14.7 Å². The van der Waals surface area contributed by atoms with Gasteiger partial charge in [0.25, 0.3) is 0 Å². The molecule has 1 saturated heterocycles. The van der Waals surface area contributed by atoms with Crippen molar-refractivity contribution in [1.29, 1.82) is 0 Å². The van der Waals surface area contributed by atoms with E-state index in [1.54, 1.807) is 13.8 Å². The van der Waals surface area contributed by atoms with E-state index in [0.29, 0.717) is 12.8 Å². The average molecular weight is 576 g/mol. The number of esters is 2. The Morgan fingerprint density at radius 3 is 2.14 bits per heavy atom. The SMILES string of the molecule is CCCCC1(CC)COC(=O)CC1(SOO[O-])C(=O)OCCC(F)(F)C(F)(F)C(F)(F)C(F)(F)F.[Na+]. The van der Waals surface area contributed by atoms with E-state index in [-0.39, 0.29) is 54.4 Å². The van der Waals surface area contributed by atoms with Crippen LogP contribution >= 0.6 is 12.0 Å². The van der Waals surface area contributed by atoms with Crippen LogP contribution in [0.25, 0.3) is 0 Å². The fraction of sp³-hybridized carbons (Fsp3) is 0.889. The zero-order chi connectivity index (χ0) is 27.3. The van der Waals surface area contributed by atoms with Crippen LogP contribution in [0.5, 0.6) is 0 Å². The maximum absolute atomic E-state index is 13.8. The van der Waals surface area contributed by atoms with Gasteiger partial charge in [-0.2, -0.15) is 43.8 Å². The van der Waals surface area contributed by atoms with E-state index in [2.05, 4.69) is 14.1 Å². The first kappa shape index (κ1) is 35.5. The molecule has 0 aliphatic carbocycles. The van der Waals surface area contributed by atoms with Crippen molar-refractivity contribution >= 4 is 24.0 Å². The van der Waals surface area contributed by atoms with Gasteiger partial charge in [-0.3, -0.25) is 14.6 Å². The minimum absolute atomic E-state index is 0. The third-order valence-corrected chi connectivity index (χ3v) is 6.99. The maximum Gasteiger partial charge on any atom is 1.00 e. The van der Waals surface area contributed by atoms with Crippen molar-refractivity contribution in [2.75, 3.05) is 13.2 Å². The van der Waals surface area contributed by atoms with Crippen molar-refractivity contribution < 1.29 is 103 Å². The van der Waals surface area contributed by atoms with Crippen LogP contribution < -0.4 is 34.8 Å². The second-order valence-electron chi connectivity index (χ2n) is 7.86. The number of carbonyl (C=O) groups is 2. The summed E-state index contributed by atoms with van der Waals surface area (Å²) in [5.74, 6) is -22.5. The second kappa shape index (κ2) is 13.1. The van der Waals surface area contributed by atoms with Crippen molar-refractivity contribution in [2.24, 2.45) is 5.41 Å². The Morgan fingerprint density at radius 1 is 1.08 bits per heavy atom. The Labute approximate surface area is 226 Å². The third-order valence-electron chi connectivity index (χ3n) is 5.84. The molecule has 36 heavy (non-hydrogen) atoms. The van der Waals surface area contributed by atoms with Gasteiger partial charge in [-0.1, -0.05) is 26.7 Å². The fourth-order valence-electron chi connectivity index (χ4n) is 3.60. The Kier molecular flexibility index (Phi) is 12.9. The zero-order valence-corrected chi connectivity index (χ0v) is 22.1. The molecule has 0 aromatic heterocycles. The van der Waals surface area contributed by atoms with E-state index >= 15 is 0 Å². The standard InChI is InChI=1S/C18H23F9O7S.Na/c1-3-5-6-13(4-2)10-32-11(28)9-14(13,35-34-33-30)12(29)31-8-7-15(19,20)16(21,22)17(23,24)18(25,26)27;/h30H,3-10H2,1-2H3;/q;+1/p-1. The molecule has 18 heteroatoms. The van der Waals surface area contributed by atoms with Gasteiger partial charge in [0.2, 0.25) is 0 Å². The molecule has 206 valence electrons. The van der Waals surface area contributed by atoms with Crippen LogP contribution in [0.15, 0.2) is 0 Å². The van der Waals surface area contributed by atoms with Gasteiger partial charge in [-0.25, -0.2) is 0 Å². The number of halogens is 9. The summed E-state index contributed by atoms with van der Waals surface area (Å²) in [6.45, 7) is 1.15. The molecule has 1 heterocycles. The number of cyclic esters (lactones) is 1. The largest absolute Gasteiger partial charge is 1.00 e. The maximum atomic E-state index is 13.8. The van der Waals surface area contributed by atoms with Crippen LogP contribution in [0.2, 0.25) is 0 Å². The first-order valence-electron chi connectivity index (χ1n) is 10.1. The van der Waals surface area contributed by atoms with E-state index in [0.717, 1.165) is 0 Å². The first-order valence-corrected chi connectivity index (χ1v) is 10.8. The minimum Gasteiger partial charge on any atom is -0.691 e. The molecule has 1 aliphatic heterocycles. The Morgan fingerprint density at radius 2 is 1.67 bits per heavy atom. The molecule has 0 saturated carbocycles. The summed E-state index contributed by atoms with van der Waals surface area (Å²) in [5, 5.41) is 13.6. The molecule has 0 spiro atoms. The Bertz CT molecular complexity index is 757. The summed E-state index contributed by atoms with van der Waals surface area (Å²) < 4.78 is 129. The molecule has 1 rings (SSSR count). The predicted molar refractivity (Wildman–Crippen MR) is 96.8 cm³/mol. The molecule has 1 fully saturated rings. The van der Waals surface area contributed by atoms with Crippen molar-refractivity contribution in [3.05, 3.63) is 0 Å². The van der Waals surface area contributed by atoms with Gasteiger partial charge in [0.1, 0.15) is 0 Å². The predicted octanol–water partition coefficient (Wildman–Crippen LogP) is 1.54. The zero-order valence-electron chi connectivity index (χ0n) is 19.3. The molecule has 0 bridgehead atoms. The molecule has 0 aromatic rings. The number of hydrogen-bond acceptors (Lipinski definition) is 8. The van der Waals surface area contributed by atoms with Gasteiger partial charge in [0.15, 0.2) is 4.75 Å². The minimum atomic E-state index is -7.09. The number of rotatable bonds is 13. The molecule has 2 unspecified atom stereocenters. The summed E-state index contributed by atoms with van der Waals surface area (Å²) in [6, 6.07) is 0. The Hall–Kier alpha value is -0.460. The number of hydrogen-bond donors (Lipinski definition) is 0. The number of alkyl halides is 9. The van der Waals surface area contributed by atoms with Crippen molar-refractivity contribution in [3.63, 3.8) is 0 Å². The van der Waals surface area contributed by atoms with Gasteiger partial charge in [-0.15, -0.1) is 0 Å². The van der Waals surface area contributed by atoms with E-state index in [4.69, 9.17) is 4.74 Å². The van der Waals surface area contributed by atoms with E-state index < -0.39 is 72.1 Å². The van der Waals surface area contributed by atoms with E-state index in [1.165, 1.54) is 0 Å². The van der Waals surface area contributed by atoms with E-state index in [9.17, 15) is 54.4 Å². The topological polar surface area (TPSA) is 94.1 Å². The normalized spacial score (nSPS) is 23.6. The third kappa shape index (κ3) is 6.75. The number of unbranched alkanes of at least 4 members (excludes halogenated alkanes) is 1. The molecule has 0 amide bonds. The molecule has 0 aromatic carbocycles. The molecule has 0 N–H and O–H groups in total. The fourth-order valence-corrected chi connectivity index (χ4v) is 4.53. The number of ether oxygens (including phenoxy) is 2. The molecule has 2 atom stereocenters. The van der Waals surface area contributed by atoms with E-state index in [1.807, 2.05) is 0 Å². The monoisotopic (exact) mass is 576 g/mol. The van der Waals surface area contributed by atoms with Crippen molar-refractivity contribution in [1.82, 2.24) is 0 Å². The van der Waals surface area contributed by atoms with Crippen LogP contribution in [0.1, 0.15) is 52.4 Å². The van der Waals surface area contributed by atoms with Crippen LogP contribution in [0.4, 0.5) is 39.5 Å². The summed E-state index contributed by atoms with van der Waals surface area (Å²) in [7, 11) is 0. The summed E-state index contributed by atoms with van der Waals surface area (Å²) in [4.78, 5) is 24.9. The van der Waals surface area contributed by atoms with Gasteiger partial charge in [-0.05, 0) is 12.8 Å². The number of carbonyl (C=O) groups excluding carboxylic acids is 2. The van der Waals surface area contributed by atoms with Crippen LogP contribution in [-0.4, -0.2) is 53.8 Å². The van der Waals surface area contributed by atoms with Gasteiger partial charge >= 0.3 is 65.4 Å². The summed E-state index contributed by atoms with van der Waals surface area (Å²) in [6.07, 6.45) is -9.05. The van der Waals surface area contributed by atoms with Gasteiger partial charge in [0, 0.05) is 5.41 Å². The average Bonchev–Trinajstić information content (AvgIpc) is 2.75. The van der Waals surface area contributed by atoms with Crippen molar-refractivity contribution in [2.45, 2.75) is 81.1 Å². The molecular weight excluding hydrogens is 554 g/mol. The van der Waals surface area contributed by atoms with Crippen LogP contribution in [0.3, 0.4) is 0 Å².